The molecular weight excluding hydrogens is 229 g/mol. The van der Waals surface area contributed by atoms with Gasteiger partial charge in [0.2, 0.25) is 0 Å². The van der Waals surface area contributed by atoms with Gasteiger partial charge in [-0.3, -0.25) is 0 Å². The van der Waals surface area contributed by atoms with Crippen LogP contribution in [0.15, 0.2) is 4.76 Å². The van der Waals surface area contributed by atoms with Gasteiger partial charge < -0.3 is 0 Å². The Hall–Kier alpha value is -0.0600. The number of hydrogen-bond acceptors (Lipinski definition) is 5. The number of nitrogens with zero attached hydrogens (tertiary/aromatic N) is 1. The van der Waals surface area contributed by atoms with Crippen molar-refractivity contribution >= 4 is 13.9 Å². The van der Waals surface area contributed by atoms with Crippen LogP contribution in [0.5, 0.6) is 0 Å². The standard InChI is InChI=1S/C10H22NO4P/c1-9(2,3)10(4)8-11-16(12-5,13-6,14-7)15-10/h8H,1-7H3. The van der Waals surface area contributed by atoms with E-state index in [2.05, 4.69) is 25.5 Å². The van der Waals surface area contributed by atoms with Crippen LogP contribution in [0.4, 0.5) is 0 Å². The molecule has 0 spiro atoms. The van der Waals surface area contributed by atoms with Gasteiger partial charge in [-0.25, -0.2) is 0 Å². The molecule has 1 atom stereocenters. The zero-order chi connectivity index (χ0) is 12.7. The summed E-state index contributed by atoms with van der Waals surface area (Å²) in [7, 11) is 0.693. The van der Waals surface area contributed by atoms with Gasteiger partial charge in [-0.1, -0.05) is 0 Å². The van der Waals surface area contributed by atoms with Crippen molar-refractivity contribution in [3.63, 3.8) is 0 Å². The average molecular weight is 251 g/mol. The van der Waals surface area contributed by atoms with Gasteiger partial charge in [-0.2, -0.15) is 0 Å². The summed E-state index contributed by atoms with van der Waals surface area (Å²) in [6.07, 6.45) is 1.72. The van der Waals surface area contributed by atoms with Gasteiger partial charge in [-0.05, 0) is 0 Å². The van der Waals surface area contributed by atoms with Crippen molar-refractivity contribution in [2.75, 3.05) is 21.3 Å². The molecular formula is C10H22NO4P. The van der Waals surface area contributed by atoms with Crippen molar-refractivity contribution < 1.29 is 18.1 Å². The van der Waals surface area contributed by atoms with Crippen LogP contribution >= 0.6 is 7.66 Å². The number of hydrogen-bond donors (Lipinski definition) is 0. The van der Waals surface area contributed by atoms with E-state index in [0.717, 1.165) is 0 Å². The molecule has 16 heavy (non-hydrogen) atoms. The third kappa shape index (κ3) is 1.81. The fourth-order valence-electron chi connectivity index (χ4n) is 1.38. The normalized spacial score (nSPS) is 34.6. The molecule has 0 radical (unpaired) electrons. The molecule has 0 aromatic rings. The Morgan fingerprint density at radius 1 is 1.12 bits per heavy atom. The number of rotatable bonds is 3. The molecule has 1 rings (SSSR count). The molecule has 5 nitrogen and oxygen atoms in total. The third-order valence-electron chi connectivity index (χ3n) is 3.24. The Bertz CT molecular complexity index is 297. The van der Waals surface area contributed by atoms with Crippen LogP contribution in [-0.4, -0.2) is 33.1 Å². The molecule has 96 valence electrons. The Morgan fingerprint density at radius 2 is 1.56 bits per heavy atom. The first kappa shape index (κ1) is 14.0. The summed E-state index contributed by atoms with van der Waals surface area (Å²) in [4.78, 5) is 0. The second-order valence-electron chi connectivity index (χ2n) is 5.01. The van der Waals surface area contributed by atoms with E-state index in [1.54, 1.807) is 6.21 Å². The van der Waals surface area contributed by atoms with Crippen molar-refractivity contribution in [3.8, 4) is 0 Å². The summed E-state index contributed by atoms with van der Waals surface area (Å²) < 4.78 is 26.3. The van der Waals surface area contributed by atoms with Gasteiger partial charge in [0.1, 0.15) is 0 Å². The van der Waals surface area contributed by atoms with Gasteiger partial charge in [0, 0.05) is 0 Å². The molecule has 0 saturated heterocycles. The summed E-state index contributed by atoms with van der Waals surface area (Å²) in [6, 6.07) is 0. The van der Waals surface area contributed by atoms with Crippen molar-refractivity contribution in [2.24, 2.45) is 10.2 Å². The molecule has 6 heteroatoms. The van der Waals surface area contributed by atoms with Crippen LogP contribution in [0.3, 0.4) is 0 Å². The molecule has 0 aliphatic carbocycles. The van der Waals surface area contributed by atoms with Crippen molar-refractivity contribution in [1.29, 1.82) is 0 Å². The zero-order valence-corrected chi connectivity index (χ0v) is 12.0. The maximum absolute atomic E-state index is 5.98. The van der Waals surface area contributed by atoms with Crippen LogP contribution in [0.1, 0.15) is 27.7 Å². The Balaban J connectivity index is 3.16. The summed E-state index contributed by atoms with van der Waals surface area (Å²) in [5, 5.41) is 0. The van der Waals surface area contributed by atoms with Gasteiger partial charge in [0.15, 0.2) is 0 Å². The minimum atomic E-state index is -3.75. The molecule has 0 fully saturated rings. The molecule has 1 heterocycles. The molecule has 0 N–H and O–H groups in total. The molecule has 0 bridgehead atoms. The molecule has 0 saturated carbocycles. The third-order valence-corrected chi connectivity index (χ3v) is 6.25. The van der Waals surface area contributed by atoms with Crippen molar-refractivity contribution in [1.82, 2.24) is 0 Å². The van der Waals surface area contributed by atoms with Gasteiger partial charge in [-0.15, -0.1) is 0 Å². The van der Waals surface area contributed by atoms with E-state index >= 15 is 0 Å². The molecule has 1 aliphatic rings. The van der Waals surface area contributed by atoms with E-state index in [1.807, 2.05) is 6.92 Å². The Morgan fingerprint density at radius 3 is 1.75 bits per heavy atom. The van der Waals surface area contributed by atoms with E-state index in [4.69, 9.17) is 18.1 Å². The topological polar surface area (TPSA) is 49.3 Å². The minimum absolute atomic E-state index is 0.133. The van der Waals surface area contributed by atoms with Gasteiger partial charge >= 0.3 is 96.8 Å². The molecule has 0 aromatic heterocycles. The van der Waals surface area contributed by atoms with Crippen LogP contribution in [-0.2, 0) is 18.1 Å². The van der Waals surface area contributed by atoms with E-state index < -0.39 is 13.3 Å². The summed E-state index contributed by atoms with van der Waals surface area (Å²) in [5.74, 6) is 0. The Labute approximate surface area is 97.4 Å². The summed E-state index contributed by atoms with van der Waals surface area (Å²) >= 11 is 0. The van der Waals surface area contributed by atoms with Crippen LogP contribution in [0.25, 0.3) is 0 Å². The first-order chi connectivity index (χ1) is 7.16. The van der Waals surface area contributed by atoms with Crippen LogP contribution in [0.2, 0.25) is 0 Å². The van der Waals surface area contributed by atoms with E-state index in [0.29, 0.717) is 0 Å². The maximum atomic E-state index is 5.98. The summed E-state index contributed by atoms with van der Waals surface area (Å²) in [5.41, 5.74) is -0.710. The van der Waals surface area contributed by atoms with Crippen LogP contribution < -0.4 is 0 Å². The molecule has 1 aliphatic heterocycles. The Kier molecular flexibility index (Phi) is 3.25. The van der Waals surface area contributed by atoms with Crippen molar-refractivity contribution in [3.05, 3.63) is 0 Å². The zero-order valence-electron chi connectivity index (χ0n) is 11.1. The second-order valence-corrected chi connectivity index (χ2v) is 8.07. The summed E-state index contributed by atoms with van der Waals surface area (Å²) in [6.45, 7) is 8.15. The molecule has 1 unspecified atom stereocenters. The molecule has 0 aromatic carbocycles. The van der Waals surface area contributed by atoms with E-state index in [1.165, 1.54) is 21.3 Å². The average Bonchev–Trinajstić information content (AvgIpc) is 2.56. The first-order valence-electron chi connectivity index (χ1n) is 5.16. The predicted molar refractivity (Wildman–Crippen MR) is 65.4 cm³/mol. The van der Waals surface area contributed by atoms with Crippen LogP contribution in [0, 0.1) is 5.41 Å². The monoisotopic (exact) mass is 251 g/mol. The fourth-order valence-corrected chi connectivity index (χ4v) is 3.74. The fraction of sp³-hybridized carbons (Fsp3) is 0.900. The second kappa shape index (κ2) is 3.72. The SMILES string of the molecule is COP1(OC)(OC)N=CC(C)(C(C)(C)C)O1. The molecule has 0 amide bonds. The quantitative estimate of drug-likeness (QED) is 0.723. The van der Waals surface area contributed by atoms with Crippen molar-refractivity contribution in [2.45, 2.75) is 33.3 Å². The van der Waals surface area contributed by atoms with E-state index in [-0.39, 0.29) is 5.41 Å². The van der Waals surface area contributed by atoms with Gasteiger partial charge in [0.05, 0.1) is 0 Å². The van der Waals surface area contributed by atoms with Gasteiger partial charge in [0.25, 0.3) is 0 Å². The predicted octanol–water partition coefficient (Wildman–Crippen LogP) is 2.96. The first-order valence-corrected chi connectivity index (χ1v) is 7.02. The van der Waals surface area contributed by atoms with E-state index in [9.17, 15) is 0 Å².